The van der Waals surface area contributed by atoms with E-state index in [1.54, 1.807) is 12.4 Å². The minimum absolute atomic E-state index is 0.0340. The lowest BCUT2D eigenvalue weighted by Gasteiger charge is -2.41. The summed E-state index contributed by atoms with van der Waals surface area (Å²) in [4.78, 5) is 25.6. The maximum Gasteiger partial charge on any atom is 0.257 e. The van der Waals surface area contributed by atoms with Crippen LogP contribution in [0.2, 0.25) is 0 Å². The number of fused-ring (bicyclic) bond motifs is 1. The molecule has 4 rings (SSSR count). The number of aryl methyl sites for hydroxylation is 1. The van der Waals surface area contributed by atoms with E-state index in [9.17, 15) is 4.79 Å². The van der Waals surface area contributed by atoms with Crippen molar-refractivity contribution in [3.63, 3.8) is 0 Å². The predicted molar refractivity (Wildman–Crippen MR) is 106 cm³/mol. The third kappa shape index (κ3) is 3.95. The van der Waals surface area contributed by atoms with Crippen molar-refractivity contribution in [2.45, 2.75) is 32.2 Å². The van der Waals surface area contributed by atoms with Crippen molar-refractivity contribution in [2.75, 3.05) is 38.0 Å². The number of nitrogens with one attached hydrogen (secondary N) is 1. The molecular formula is C21H27N5O. The molecule has 27 heavy (non-hydrogen) atoms. The molecule has 1 fully saturated rings. The Morgan fingerprint density at radius 1 is 1.11 bits per heavy atom. The van der Waals surface area contributed by atoms with Crippen molar-refractivity contribution in [3.05, 3.63) is 53.3 Å². The minimum Gasteiger partial charge on any atom is -0.355 e. The van der Waals surface area contributed by atoms with E-state index in [1.165, 1.54) is 17.5 Å². The molecule has 0 unspecified atom stereocenters. The second-order valence-corrected chi connectivity index (χ2v) is 7.32. The van der Waals surface area contributed by atoms with Crippen LogP contribution in [0.25, 0.3) is 0 Å². The van der Waals surface area contributed by atoms with Gasteiger partial charge in [-0.1, -0.05) is 24.3 Å². The van der Waals surface area contributed by atoms with Crippen LogP contribution in [0, 0.1) is 0 Å². The normalized spacial score (nSPS) is 20.2. The molecule has 0 saturated carbocycles. The zero-order valence-electron chi connectivity index (χ0n) is 15.9. The monoisotopic (exact) mass is 365 g/mol. The fraction of sp³-hybridized carbons (Fsp3) is 0.476. The highest BCUT2D eigenvalue weighted by Gasteiger charge is 2.29. The Morgan fingerprint density at radius 3 is 2.52 bits per heavy atom. The average Bonchev–Trinajstić information content (AvgIpc) is 2.74. The lowest BCUT2D eigenvalue weighted by Crippen LogP contribution is -2.53. The Morgan fingerprint density at radius 2 is 1.81 bits per heavy atom. The molecular weight excluding hydrogens is 338 g/mol. The fourth-order valence-corrected chi connectivity index (χ4v) is 4.15. The summed E-state index contributed by atoms with van der Waals surface area (Å²) in [6.07, 6.45) is 6.75. The van der Waals surface area contributed by atoms with Gasteiger partial charge in [-0.05, 0) is 37.3 Å². The number of carbonyl (C=O) groups is 1. The molecule has 2 aliphatic rings. The molecule has 0 spiro atoms. The van der Waals surface area contributed by atoms with E-state index in [4.69, 9.17) is 0 Å². The Hall–Kier alpha value is -2.47. The van der Waals surface area contributed by atoms with E-state index in [1.807, 2.05) is 11.8 Å². The molecule has 1 atom stereocenters. The Labute approximate surface area is 160 Å². The van der Waals surface area contributed by atoms with Crippen molar-refractivity contribution in [1.29, 1.82) is 0 Å². The molecule has 1 aliphatic heterocycles. The lowest BCUT2D eigenvalue weighted by atomic mass is 9.87. The van der Waals surface area contributed by atoms with Gasteiger partial charge in [-0.3, -0.25) is 9.69 Å². The van der Waals surface area contributed by atoms with Gasteiger partial charge in [0.2, 0.25) is 5.95 Å². The molecule has 1 aliphatic carbocycles. The van der Waals surface area contributed by atoms with Gasteiger partial charge in [-0.15, -0.1) is 0 Å². The summed E-state index contributed by atoms with van der Waals surface area (Å²) >= 11 is 0. The molecule has 1 aromatic carbocycles. The van der Waals surface area contributed by atoms with Gasteiger partial charge in [-0.2, -0.15) is 0 Å². The maximum absolute atomic E-state index is 12.7. The zero-order valence-corrected chi connectivity index (χ0v) is 15.9. The first kappa shape index (κ1) is 17.9. The van der Waals surface area contributed by atoms with E-state index in [0.29, 0.717) is 17.6 Å². The summed E-state index contributed by atoms with van der Waals surface area (Å²) in [5, 5.41) is 3.05. The van der Waals surface area contributed by atoms with Gasteiger partial charge in [0.25, 0.3) is 5.91 Å². The van der Waals surface area contributed by atoms with E-state index in [-0.39, 0.29) is 5.91 Å². The highest BCUT2D eigenvalue weighted by atomic mass is 16.2. The van der Waals surface area contributed by atoms with Gasteiger partial charge in [0.05, 0.1) is 5.56 Å². The summed E-state index contributed by atoms with van der Waals surface area (Å²) in [6, 6.07) is 9.39. The highest BCUT2D eigenvalue weighted by molar-refractivity contribution is 5.93. The SMILES string of the molecule is CCNc1ncc(C(=O)N2CCN([C@@H]3CCc4ccccc4C3)CC2)cn1. The number of nitrogens with zero attached hydrogens (tertiary/aromatic N) is 4. The molecule has 0 bridgehead atoms. The minimum atomic E-state index is 0.0340. The molecule has 0 radical (unpaired) electrons. The van der Waals surface area contributed by atoms with Gasteiger partial charge in [0, 0.05) is 51.2 Å². The van der Waals surface area contributed by atoms with Gasteiger partial charge >= 0.3 is 0 Å². The van der Waals surface area contributed by atoms with Crippen molar-refractivity contribution >= 4 is 11.9 Å². The second kappa shape index (κ2) is 8.05. The molecule has 6 heteroatoms. The summed E-state index contributed by atoms with van der Waals surface area (Å²) in [6.45, 7) is 6.18. The lowest BCUT2D eigenvalue weighted by molar-refractivity contribution is 0.0552. The predicted octanol–water partition coefficient (Wildman–Crippen LogP) is 2.22. The fourth-order valence-electron chi connectivity index (χ4n) is 4.15. The van der Waals surface area contributed by atoms with Gasteiger partial charge in [0.15, 0.2) is 0 Å². The van der Waals surface area contributed by atoms with Crippen LogP contribution in [0.4, 0.5) is 5.95 Å². The topological polar surface area (TPSA) is 61.4 Å². The number of aromatic nitrogens is 2. The van der Waals surface area contributed by atoms with E-state index < -0.39 is 0 Å². The number of anilines is 1. The third-order valence-corrected chi connectivity index (χ3v) is 5.67. The number of rotatable bonds is 4. The first-order valence-corrected chi connectivity index (χ1v) is 9.90. The molecule has 6 nitrogen and oxygen atoms in total. The van der Waals surface area contributed by atoms with Crippen LogP contribution < -0.4 is 5.32 Å². The number of amides is 1. The molecule has 2 heterocycles. The van der Waals surface area contributed by atoms with Crippen LogP contribution >= 0.6 is 0 Å². The number of hydrogen-bond acceptors (Lipinski definition) is 5. The van der Waals surface area contributed by atoms with Crippen molar-refractivity contribution < 1.29 is 4.79 Å². The first-order chi connectivity index (χ1) is 13.2. The smallest absolute Gasteiger partial charge is 0.257 e. The van der Waals surface area contributed by atoms with Gasteiger partial charge in [-0.25, -0.2) is 9.97 Å². The molecule has 1 aromatic heterocycles. The summed E-state index contributed by atoms with van der Waals surface area (Å²) in [7, 11) is 0. The largest absolute Gasteiger partial charge is 0.355 e. The second-order valence-electron chi connectivity index (χ2n) is 7.32. The number of benzene rings is 1. The number of piperazine rings is 1. The van der Waals surface area contributed by atoms with Crippen LogP contribution in [0.5, 0.6) is 0 Å². The summed E-state index contributed by atoms with van der Waals surface area (Å²) in [5.74, 6) is 0.600. The average molecular weight is 365 g/mol. The first-order valence-electron chi connectivity index (χ1n) is 9.90. The molecule has 1 N–H and O–H groups in total. The zero-order chi connectivity index (χ0) is 18.6. The van der Waals surface area contributed by atoms with Crippen LogP contribution in [0.1, 0.15) is 34.8 Å². The van der Waals surface area contributed by atoms with Crippen LogP contribution in [0.3, 0.4) is 0 Å². The van der Waals surface area contributed by atoms with Crippen LogP contribution in [0.15, 0.2) is 36.7 Å². The Kier molecular flexibility index (Phi) is 5.34. The van der Waals surface area contributed by atoms with E-state index >= 15 is 0 Å². The third-order valence-electron chi connectivity index (χ3n) is 5.67. The standard InChI is InChI=1S/C21H27N5O/c1-2-22-21-23-14-18(15-24-21)20(27)26-11-9-25(10-12-26)19-8-7-16-5-3-4-6-17(16)13-19/h3-6,14-15,19H,2,7-13H2,1H3,(H,22,23,24)/t19-/m1/s1. The number of hydrogen-bond donors (Lipinski definition) is 1. The van der Waals surface area contributed by atoms with Crippen molar-refractivity contribution in [2.24, 2.45) is 0 Å². The molecule has 1 amide bonds. The van der Waals surface area contributed by atoms with E-state index in [0.717, 1.165) is 45.6 Å². The quantitative estimate of drug-likeness (QED) is 0.900. The van der Waals surface area contributed by atoms with Gasteiger partial charge in [0.1, 0.15) is 0 Å². The molecule has 142 valence electrons. The summed E-state index contributed by atoms with van der Waals surface area (Å²) in [5.41, 5.74) is 3.56. The van der Waals surface area contributed by atoms with Crippen molar-refractivity contribution in [3.8, 4) is 0 Å². The summed E-state index contributed by atoms with van der Waals surface area (Å²) < 4.78 is 0. The van der Waals surface area contributed by atoms with Gasteiger partial charge < -0.3 is 10.2 Å². The van der Waals surface area contributed by atoms with Crippen LogP contribution in [-0.4, -0.2) is 64.4 Å². The van der Waals surface area contributed by atoms with E-state index in [2.05, 4.69) is 44.5 Å². The van der Waals surface area contributed by atoms with Crippen LogP contribution in [-0.2, 0) is 12.8 Å². The molecule has 2 aromatic rings. The maximum atomic E-state index is 12.7. The van der Waals surface area contributed by atoms with Crippen molar-refractivity contribution in [1.82, 2.24) is 19.8 Å². The molecule has 1 saturated heterocycles. The highest BCUT2D eigenvalue weighted by Crippen LogP contribution is 2.25. The number of carbonyl (C=O) groups excluding carboxylic acids is 1. The Balaban J connectivity index is 1.33. The Bertz CT molecular complexity index is 783.